The lowest BCUT2D eigenvalue weighted by Crippen LogP contribution is -2.08. The predicted octanol–water partition coefficient (Wildman–Crippen LogP) is 3.80. The predicted molar refractivity (Wildman–Crippen MR) is 84.7 cm³/mol. The van der Waals surface area contributed by atoms with Crippen molar-refractivity contribution in [2.45, 2.75) is 42.6 Å². The minimum Gasteiger partial charge on any atom is -0.355 e. The first kappa shape index (κ1) is 14.0. The van der Waals surface area contributed by atoms with Gasteiger partial charge >= 0.3 is 0 Å². The van der Waals surface area contributed by atoms with Gasteiger partial charge in [0, 0.05) is 11.8 Å². The molecule has 4 rings (SSSR count). The SMILES string of the molecule is c1csc(-c2cc(CSc3nnnn3C3CCCC3)no2)c1. The fourth-order valence-electron chi connectivity index (χ4n) is 2.71. The van der Waals surface area contributed by atoms with Crippen LogP contribution < -0.4 is 0 Å². The fourth-order valence-corrected chi connectivity index (χ4v) is 4.21. The van der Waals surface area contributed by atoms with Gasteiger partial charge in [-0.2, -0.15) is 0 Å². The summed E-state index contributed by atoms with van der Waals surface area (Å²) >= 11 is 3.26. The van der Waals surface area contributed by atoms with Gasteiger partial charge in [0.25, 0.3) is 0 Å². The van der Waals surface area contributed by atoms with Crippen molar-refractivity contribution in [2.75, 3.05) is 0 Å². The Labute approximate surface area is 135 Å². The molecule has 3 aromatic rings. The van der Waals surface area contributed by atoms with Crippen LogP contribution in [0.4, 0.5) is 0 Å². The van der Waals surface area contributed by atoms with E-state index < -0.39 is 0 Å². The van der Waals surface area contributed by atoms with Crippen LogP contribution >= 0.6 is 23.1 Å². The highest BCUT2D eigenvalue weighted by molar-refractivity contribution is 7.98. The number of thioether (sulfide) groups is 1. The van der Waals surface area contributed by atoms with Gasteiger partial charge in [-0.1, -0.05) is 35.8 Å². The summed E-state index contributed by atoms with van der Waals surface area (Å²) in [5, 5.41) is 19.1. The molecule has 114 valence electrons. The summed E-state index contributed by atoms with van der Waals surface area (Å²) in [6.07, 6.45) is 4.88. The van der Waals surface area contributed by atoms with Gasteiger partial charge in [-0.25, -0.2) is 4.68 Å². The summed E-state index contributed by atoms with van der Waals surface area (Å²) in [5.41, 5.74) is 0.911. The fraction of sp³-hybridized carbons (Fsp3) is 0.429. The minimum atomic E-state index is 0.455. The number of aromatic nitrogens is 5. The summed E-state index contributed by atoms with van der Waals surface area (Å²) in [5.74, 6) is 1.53. The van der Waals surface area contributed by atoms with E-state index in [0.717, 1.165) is 21.5 Å². The van der Waals surface area contributed by atoms with Crippen molar-refractivity contribution >= 4 is 23.1 Å². The molecular weight excluding hydrogens is 318 g/mol. The minimum absolute atomic E-state index is 0.455. The van der Waals surface area contributed by atoms with Crippen LogP contribution in [0.5, 0.6) is 0 Å². The molecule has 1 fully saturated rings. The lowest BCUT2D eigenvalue weighted by Gasteiger charge is -2.09. The zero-order chi connectivity index (χ0) is 14.8. The number of rotatable bonds is 5. The summed E-state index contributed by atoms with van der Waals surface area (Å²) < 4.78 is 7.37. The Morgan fingerprint density at radius 2 is 2.27 bits per heavy atom. The van der Waals surface area contributed by atoms with Crippen LogP contribution in [-0.4, -0.2) is 25.4 Å². The smallest absolute Gasteiger partial charge is 0.209 e. The van der Waals surface area contributed by atoms with E-state index in [1.165, 1.54) is 25.7 Å². The second kappa shape index (κ2) is 6.21. The Hall–Kier alpha value is -1.67. The van der Waals surface area contributed by atoms with Gasteiger partial charge in [-0.05, 0) is 34.7 Å². The van der Waals surface area contributed by atoms with Gasteiger partial charge in [0.15, 0.2) is 5.76 Å². The molecule has 0 N–H and O–H groups in total. The molecule has 1 aliphatic rings. The van der Waals surface area contributed by atoms with Crippen LogP contribution in [0.15, 0.2) is 33.3 Å². The van der Waals surface area contributed by atoms with Gasteiger partial charge in [0.05, 0.1) is 16.6 Å². The van der Waals surface area contributed by atoms with Crippen LogP contribution in [0.2, 0.25) is 0 Å². The highest BCUT2D eigenvalue weighted by atomic mass is 32.2. The number of hydrogen-bond donors (Lipinski definition) is 0. The summed E-state index contributed by atoms with van der Waals surface area (Å²) in [6, 6.07) is 6.48. The average Bonchev–Trinajstić information content (AvgIpc) is 3.33. The molecule has 0 amide bonds. The molecule has 0 aliphatic heterocycles. The lowest BCUT2D eigenvalue weighted by atomic mass is 10.3. The molecule has 0 radical (unpaired) electrons. The number of nitrogens with zero attached hydrogens (tertiary/aromatic N) is 5. The van der Waals surface area contributed by atoms with Crippen LogP contribution in [0.25, 0.3) is 10.6 Å². The molecule has 0 saturated heterocycles. The number of tetrazole rings is 1. The maximum absolute atomic E-state index is 5.40. The molecule has 0 bridgehead atoms. The number of hydrogen-bond acceptors (Lipinski definition) is 7. The molecule has 0 aromatic carbocycles. The average molecular weight is 333 g/mol. The molecule has 3 aromatic heterocycles. The molecule has 22 heavy (non-hydrogen) atoms. The Kier molecular flexibility index (Phi) is 3.94. The summed E-state index contributed by atoms with van der Waals surface area (Å²) in [4.78, 5) is 1.10. The molecule has 6 nitrogen and oxygen atoms in total. The van der Waals surface area contributed by atoms with Crippen LogP contribution in [0.1, 0.15) is 37.4 Å². The normalized spacial score (nSPS) is 15.6. The summed E-state index contributed by atoms with van der Waals surface area (Å²) in [6.45, 7) is 0. The first-order valence-corrected chi connectivity index (χ1v) is 9.17. The lowest BCUT2D eigenvalue weighted by molar-refractivity contribution is 0.422. The van der Waals surface area contributed by atoms with Crippen LogP contribution in [0.3, 0.4) is 0 Å². The quantitative estimate of drug-likeness (QED) is 0.662. The van der Waals surface area contributed by atoms with Gasteiger partial charge in [0.2, 0.25) is 5.16 Å². The third kappa shape index (κ3) is 2.80. The highest BCUT2D eigenvalue weighted by Crippen LogP contribution is 2.32. The van der Waals surface area contributed by atoms with Gasteiger partial charge in [-0.15, -0.1) is 16.4 Å². The maximum atomic E-state index is 5.40. The van der Waals surface area contributed by atoms with E-state index in [0.29, 0.717) is 11.8 Å². The molecule has 1 saturated carbocycles. The largest absolute Gasteiger partial charge is 0.355 e. The van der Waals surface area contributed by atoms with Crippen molar-refractivity contribution in [1.82, 2.24) is 25.4 Å². The zero-order valence-corrected chi connectivity index (χ0v) is 13.5. The van der Waals surface area contributed by atoms with Crippen LogP contribution in [0, 0.1) is 0 Å². The number of thiophene rings is 1. The van der Waals surface area contributed by atoms with E-state index in [1.54, 1.807) is 23.1 Å². The zero-order valence-electron chi connectivity index (χ0n) is 11.9. The highest BCUT2D eigenvalue weighted by Gasteiger charge is 2.21. The van der Waals surface area contributed by atoms with Crippen molar-refractivity contribution in [2.24, 2.45) is 0 Å². The standard InChI is InChI=1S/C14H15N5OS2/c1-2-5-11(4-1)19-14(15-17-18-19)22-9-10-8-12(20-16-10)13-6-3-7-21-13/h3,6-8,11H,1-2,4-5,9H2. The van der Waals surface area contributed by atoms with Crippen molar-refractivity contribution < 1.29 is 4.52 Å². The summed E-state index contributed by atoms with van der Waals surface area (Å²) in [7, 11) is 0. The van der Waals surface area contributed by atoms with Crippen molar-refractivity contribution in [3.05, 3.63) is 29.3 Å². The first-order valence-electron chi connectivity index (χ1n) is 7.30. The molecule has 0 atom stereocenters. The Bertz CT molecular complexity index is 730. The third-order valence-electron chi connectivity index (χ3n) is 3.81. The van der Waals surface area contributed by atoms with E-state index in [-0.39, 0.29) is 0 Å². The van der Waals surface area contributed by atoms with Gasteiger partial charge in [-0.3, -0.25) is 0 Å². The van der Waals surface area contributed by atoms with E-state index in [9.17, 15) is 0 Å². The van der Waals surface area contributed by atoms with Crippen LogP contribution in [-0.2, 0) is 5.75 Å². The second-order valence-corrected chi connectivity index (χ2v) is 7.18. The Morgan fingerprint density at radius 3 is 3.09 bits per heavy atom. The van der Waals surface area contributed by atoms with E-state index in [4.69, 9.17) is 4.52 Å². The Morgan fingerprint density at radius 1 is 1.36 bits per heavy atom. The van der Waals surface area contributed by atoms with Gasteiger partial charge < -0.3 is 4.52 Å². The van der Waals surface area contributed by atoms with Gasteiger partial charge in [0.1, 0.15) is 0 Å². The first-order chi connectivity index (χ1) is 10.9. The molecular formula is C14H15N5OS2. The molecule has 1 aliphatic carbocycles. The van der Waals surface area contributed by atoms with E-state index in [1.807, 2.05) is 28.3 Å². The second-order valence-electron chi connectivity index (χ2n) is 5.29. The van der Waals surface area contributed by atoms with E-state index >= 15 is 0 Å². The third-order valence-corrected chi connectivity index (χ3v) is 5.66. The maximum Gasteiger partial charge on any atom is 0.209 e. The molecule has 8 heteroatoms. The Balaban J connectivity index is 1.44. The van der Waals surface area contributed by atoms with E-state index in [2.05, 4.69) is 20.7 Å². The monoisotopic (exact) mass is 333 g/mol. The molecule has 0 unspecified atom stereocenters. The molecule has 3 heterocycles. The van der Waals surface area contributed by atoms with Crippen molar-refractivity contribution in [3.63, 3.8) is 0 Å². The van der Waals surface area contributed by atoms with Crippen molar-refractivity contribution in [3.8, 4) is 10.6 Å². The molecule has 0 spiro atoms. The van der Waals surface area contributed by atoms with Crippen molar-refractivity contribution in [1.29, 1.82) is 0 Å². The topological polar surface area (TPSA) is 69.6 Å².